The summed E-state index contributed by atoms with van der Waals surface area (Å²) in [7, 11) is 3.10. The second-order valence-corrected chi connectivity index (χ2v) is 6.36. The number of nitrogens with one attached hydrogen (secondary N) is 1. The van der Waals surface area contributed by atoms with Crippen molar-refractivity contribution < 1.29 is 23.8 Å². The minimum atomic E-state index is -0.502. The number of imidazole rings is 1. The van der Waals surface area contributed by atoms with Crippen molar-refractivity contribution in [2.24, 2.45) is 0 Å². The largest absolute Gasteiger partial charge is 0.493 e. The summed E-state index contributed by atoms with van der Waals surface area (Å²) in [6, 6.07) is 12.9. The lowest BCUT2D eigenvalue weighted by molar-refractivity contribution is -0.149. The van der Waals surface area contributed by atoms with Gasteiger partial charge in [0.15, 0.2) is 18.1 Å². The lowest BCUT2D eigenvalue weighted by Gasteiger charge is -2.11. The Balaban J connectivity index is 1.50. The molecular formula is C21H23N3O5. The third kappa shape index (κ3) is 4.84. The molecule has 1 aromatic heterocycles. The number of rotatable bonds is 8. The quantitative estimate of drug-likeness (QED) is 0.586. The lowest BCUT2D eigenvalue weighted by Crippen LogP contribution is -2.29. The number of benzene rings is 2. The number of nitrogens with zero attached hydrogens (tertiary/aromatic N) is 2. The molecule has 0 unspecified atom stereocenters. The van der Waals surface area contributed by atoms with Crippen molar-refractivity contribution in [1.29, 1.82) is 0 Å². The number of carbonyl (C=O) groups excluding carboxylic acids is 2. The van der Waals surface area contributed by atoms with E-state index < -0.39 is 5.97 Å². The Kier molecular flexibility index (Phi) is 6.33. The summed E-state index contributed by atoms with van der Waals surface area (Å²) < 4.78 is 17.3. The molecule has 2 aromatic carbocycles. The van der Waals surface area contributed by atoms with Gasteiger partial charge in [0.1, 0.15) is 12.4 Å². The number of aromatic nitrogens is 2. The van der Waals surface area contributed by atoms with E-state index in [1.54, 1.807) is 30.9 Å². The van der Waals surface area contributed by atoms with E-state index >= 15 is 0 Å². The second kappa shape index (κ2) is 9.09. The topological polar surface area (TPSA) is 91.7 Å². The summed E-state index contributed by atoms with van der Waals surface area (Å²) in [6.07, 6.45) is 0. The zero-order valence-electron chi connectivity index (χ0n) is 16.6. The van der Waals surface area contributed by atoms with Crippen molar-refractivity contribution in [2.45, 2.75) is 20.0 Å². The highest BCUT2D eigenvalue weighted by Gasteiger charge is 2.13. The van der Waals surface area contributed by atoms with Gasteiger partial charge in [-0.15, -0.1) is 0 Å². The van der Waals surface area contributed by atoms with E-state index in [0.717, 1.165) is 16.6 Å². The first kappa shape index (κ1) is 20.2. The van der Waals surface area contributed by atoms with Crippen molar-refractivity contribution in [1.82, 2.24) is 14.9 Å². The molecule has 0 aliphatic carbocycles. The summed E-state index contributed by atoms with van der Waals surface area (Å²) in [4.78, 5) is 28.6. The minimum absolute atomic E-state index is 0.00466. The Labute approximate surface area is 168 Å². The summed E-state index contributed by atoms with van der Waals surface area (Å²) in [5, 5.41) is 2.71. The predicted octanol–water partition coefficient (Wildman–Crippen LogP) is 2.22. The maximum Gasteiger partial charge on any atom is 0.326 e. The number of fused-ring (bicyclic) bond motifs is 1. The number of esters is 1. The van der Waals surface area contributed by atoms with Crippen LogP contribution in [-0.4, -0.2) is 42.3 Å². The van der Waals surface area contributed by atoms with E-state index in [1.807, 2.05) is 37.3 Å². The molecule has 0 spiro atoms. The van der Waals surface area contributed by atoms with Crippen molar-refractivity contribution in [2.75, 3.05) is 20.8 Å². The van der Waals surface area contributed by atoms with Crippen LogP contribution in [0, 0.1) is 6.92 Å². The third-order valence-electron chi connectivity index (χ3n) is 4.43. The number of para-hydroxylation sites is 2. The zero-order chi connectivity index (χ0) is 20.8. The van der Waals surface area contributed by atoms with Crippen LogP contribution in [0.25, 0.3) is 11.0 Å². The Morgan fingerprint density at radius 1 is 1.07 bits per heavy atom. The van der Waals surface area contributed by atoms with Crippen LogP contribution in [0.1, 0.15) is 11.4 Å². The second-order valence-electron chi connectivity index (χ2n) is 6.36. The highest BCUT2D eigenvalue weighted by atomic mass is 16.5. The molecule has 1 N–H and O–H groups in total. The Morgan fingerprint density at radius 3 is 2.59 bits per heavy atom. The van der Waals surface area contributed by atoms with Gasteiger partial charge in [-0.1, -0.05) is 18.2 Å². The number of aryl methyl sites for hydroxylation is 1. The molecule has 8 nitrogen and oxygen atoms in total. The Bertz CT molecular complexity index is 1030. The molecule has 1 heterocycles. The number of methoxy groups -OCH3 is 2. The third-order valence-corrected chi connectivity index (χ3v) is 4.43. The normalized spacial score (nSPS) is 10.6. The number of carbonyl (C=O) groups is 2. The van der Waals surface area contributed by atoms with E-state index in [9.17, 15) is 9.59 Å². The smallest absolute Gasteiger partial charge is 0.326 e. The van der Waals surface area contributed by atoms with Crippen molar-refractivity contribution >= 4 is 22.9 Å². The maximum absolute atomic E-state index is 12.2. The van der Waals surface area contributed by atoms with Crippen LogP contribution in [-0.2, 0) is 27.4 Å². The van der Waals surface area contributed by atoms with Crippen LogP contribution >= 0.6 is 0 Å². The predicted molar refractivity (Wildman–Crippen MR) is 107 cm³/mol. The fourth-order valence-electron chi connectivity index (χ4n) is 2.96. The number of ether oxygens (including phenoxy) is 3. The lowest BCUT2D eigenvalue weighted by atomic mass is 10.2. The molecular weight excluding hydrogens is 374 g/mol. The van der Waals surface area contributed by atoms with Crippen molar-refractivity contribution in [3.8, 4) is 11.5 Å². The van der Waals surface area contributed by atoms with Gasteiger partial charge in [0.2, 0.25) is 0 Å². The summed E-state index contributed by atoms with van der Waals surface area (Å²) in [6.45, 7) is 1.75. The standard InChI is InChI=1S/C21H23N3O5/c1-14-23-16-6-4-5-7-17(16)24(14)12-21(26)29-13-20(25)22-11-15-8-9-18(27-2)19(10-15)28-3/h4-10H,11-13H2,1-3H3,(H,22,25). The molecule has 3 aromatic rings. The number of amides is 1. The molecule has 0 fully saturated rings. The van der Waals surface area contributed by atoms with E-state index in [1.165, 1.54) is 0 Å². The van der Waals surface area contributed by atoms with Crippen molar-refractivity contribution in [3.63, 3.8) is 0 Å². The molecule has 0 bridgehead atoms. The van der Waals surface area contributed by atoms with Crippen LogP contribution in [0.4, 0.5) is 0 Å². The molecule has 29 heavy (non-hydrogen) atoms. The average molecular weight is 397 g/mol. The van der Waals surface area contributed by atoms with Crippen LogP contribution in [0.15, 0.2) is 42.5 Å². The number of hydrogen-bond donors (Lipinski definition) is 1. The summed E-state index contributed by atoms with van der Waals surface area (Å²) in [5.41, 5.74) is 2.49. The highest BCUT2D eigenvalue weighted by Crippen LogP contribution is 2.27. The van der Waals surface area contributed by atoms with E-state index in [-0.39, 0.29) is 25.6 Å². The van der Waals surface area contributed by atoms with Crippen molar-refractivity contribution in [3.05, 3.63) is 53.9 Å². The van der Waals surface area contributed by atoms with Gasteiger partial charge in [-0.3, -0.25) is 9.59 Å². The van der Waals surface area contributed by atoms with Crippen LogP contribution in [0.5, 0.6) is 11.5 Å². The van der Waals surface area contributed by atoms with Gasteiger partial charge in [0.25, 0.3) is 5.91 Å². The van der Waals surface area contributed by atoms with Gasteiger partial charge < -0.3 is 24.1 Å². The van der Waals surface area contributed by atoms with Crippen LogP contribution < -0.4 is 14.8 Å². The highest BCUT2D eigenvalue weighted by molar-refractivity contribution is 5.82. The first-order valence-corrected chi connectivity index (χ1v) is 9.07. The summed E-state index contributed by atoms with van der Waals surface area (Å²) in [5.74, 6) is 1.01. The molecule has 0 aliphatic rings. The molecule has 1 amide bonds. The van der Waals surface area contributed by atoms with Crippen LogP contribution in [0.3, 0.4) is 0 Å². The van der Waals surface area contributed by atoms with Gasteiger partial charge >= 0.3 is 5.97 Å². The Hall–Kier alpha value is -3.55. The van der Waals surface area contributed by atoms with E-state index in [4.69, 9.17) is 14.2 Å². The minimum Gasteiger partial charge on any atom is -0.493 e. The molecule has 3 rings (SSSR count). The average Bonchev–Trinajstić information content (AvgIpc) is 3.05. The Morgan fingerprint density at radius 2 is 1.83 bits per heavy atom. The molecule has 8 heteroatoms. The molecule has 0 radical (unpaired) electrons. The zero-order valence-corrected chi connectivity index (χ0v) is 16.6. The monoisotopic (exact) mass is 397 g/mol. The molecule has 152 valence electrons. The van der Waals surface area contributed by atoms with E-state index in [2.05, 4.69) is 10.3 Å². The van der Waals surface area contributed by atoms with Gasteiger partial charge in [-0.25, -0.2) is 4.98 Å². The first-order valence-electron chi connectivity index (χ1n) is 9.07. The van der Waals surface area contributed by atoms with E-state index in [0.29, 0.717) is 17.3 Å². The van der Waals surface area contributed by atoms with Gasteiger partial charge in [0.05, 0.1) is 25.3 Å². The molecule has 0 saturated carbocycles. The summed E-state index contributed by atoms with van der Waals surface area (Å²) >= 11 is 0. The molecule has 0 saturated heterocycles. The molecule has 0 aliphatic heterocycles. The molecule has 0 atom stereocenters. The fourth-order valence-corrected chi connectivity index (χ4v) is 2.96. The van der Waals surface area contributed by atoms with Crippen LogP contribution in [0.2, 0.25) is 0 Å². The van der Waals surface area contributed by atoms with Gasteiger partial charge in [-0.2, -0.15) is 0 Å². The number of hydrogen-bond acceptors (Lipinski definition) is 6. The fraction of sp³-hybridized carbons (Fsp3) is 0.286. The maximum atomic E-state index is 12.2. The SMILES string of the molecule is COc1ccc(CNC(=O)COC(=O)Cn2c(C)nc3ccccc32)cc1OC. The van der Waals surface area contributed by atoms with Gasteiger partial charge in [0, 0.05) is 6.54 Å². The van der Waals surface area contributed by atoms with Gasteiger partial charge in [-0.05, 0) is 36.8 Å². The first-order chi connectivity index (χ1) is 14.0.